The Kier molecular flexibility index (Phi) is 3.21. The summed E-state index contributed by atoms with van der Waals surface area (Å²) < 4.78 is 5.89. The average molecular weight is 234 g/mol. The number of fused-ring (bicyclic) bond motifs is 1. The van der Waals surface area contributed by atoms with Gasteiger partial charge in [-0.3, -0.25) is 4.79 Å². The Labute approximate surface area is 103 Å². The Bertz CT molecular complexity index is 326. The van der Waals surface area contributed by atoms with Crippen LogP contribution < -0.4 is 0 Å². The van der Waals surface area contributed by atoms with Crippen LogP contribution >= 0.6 is 0 Å². The van der Waals surface area contributed by atoms with Crippen LogP contribution in [-0.4, -0.2) is 11.9 Å². The fourth-order valence-corrected chi connectivity index (χ4v) is 3.58. The summed E-state index contributed by atoms with van der Waals surface area (Å²) >= 11 is 0. The van der Waals surface area contributed by atoms with Gasteiger partial charge in [0.25, 0.3) is 0 Å². The van der Waals surface area contributed by atoms with Gasteiger partial charge < -0.3 is 4.74 Å². The van der Waals surface area contributed by atoms with Crippen LogP contribution in [0, 0.1) is 11.8 Å². The Morgan fingerprint density at radius 1 is 0.941 bits per heavy atom. The molecule has 0 aromatic carbocycles. The van der Waals surface area contributed by atoms with Crippen molar-refractivity contribution in [3.63, 3.8) is 0 Å². The van der Waals surface area contributed by atoms with Crippen LogP contribution in [0.5, 0.6) is 0 Å². The molecule has 2 atom stereocenters. The maximum Gasteiger partial charge on any atom is 0.203 e. The highest BCUT2D eigenvalue weighted by Crippen LogP contribution is 2.38. The second-order valence-corrected chi connectivity index (χ2v) is 5.84. The first kappa shape index (κ1) is 11.3. The number of ketones is 1. The van der Waals surface area contributed by atoms with Gasteiger partial charge in [-0.2, -0.15) is 0 Å². The minimum absolute atomic E-state index is 0.193. The van der Waals surface area contributed by atoms with Gasteiger partial charge in [-0.25, -0.2) is 0 Å². The van der Waals surface area contributed by atoms with E-state index in [9.17, 15) is 4.79 Å². The highest BCUT2D eigenvalue weighted by atomic mass is 16.5. The van der Waals surface area contributed by atoms with Gasteiger partial charge in [0.2, 0.25) is 5.78 Å². The van der Waals surface area contributed by atoms with E-state index in [0.717, 1.165) is 12.8 Å². The smallest absolute Gasteiger partial charge is 0.203 e. The van der Waals surface area contributed by atoms with Crippen molar-refractivity contribution in [3.05, 3.63) is 11.8 Å². The van der Waals surface area contributed by atoms with E-state index in [1.807, 2.05) is 0 Å². The van der Waals surface area contributed by atoms with E-state index >= 15 is 0 Å². The second kappa shape index (κ2) is 4.83. The quantitative estimate of drug-likeness (QED) is 0.648. The summed E-state index contributed by atoms with van der Waals surface area (Å²) in [5.74, 6) is 1.82. The molecule has 0 bridgehead atoms. The number of allylic oxidation sites excluding steroid dienone is 2. The summed E-state index contributed by atoms with van der Waals surface area (Å²) in [5, 5.41) is 0. The molecule has 3 rings (SSSR count). The van der Waals surface area contributed by atoms with Crippen molar-refractivity contribution in [3.8, 4) is 0 Å². The minimum atomic E-state index is 0.193. The van der Waals surface area contributed by atoms with Gasteiger partial charge in [0.1, 0.15) is 6.10 Å². The molecule has 2 aliphatic carbocycles. The topological polar surface area (TPSA) is 26.3 Å². The first-order valence-electron chi connectivity index (χ1n) is 7.27. The highest BCUT2D eigenvalue weighted by Gasteiger charge is 2.41. The molecule has 3 aliphatic rings. The molecule has 94 valence electrons. The Balaban J connectivity index is 1.70. The zero-order valence-electron chi connectivity index (χ0n) is 10.5. The second-order valence-electron chi connectivity index (χ2n) is 5.84. The Morgan fingerprint density at radius 3 is 2.41 bits per heavy atom. The molecular weight excluding hydrogens is 212 g/mol. The lowest BCUT2D eigenvalue weighted by Gasteiger charge is -2.21. The molecular formula is C15H22O2. The molecule has 2 heteroatoms. The monoisotopic (exact) mass is 234 g/mol. The van der Waals surface area contributed by atoms with Crippen LogP contribution in [0.3, 0.4) is 0 Å². The molecule has 0 aromatic rings. The summed E-state index contributed by atoms with van der Waals surface area (Å²) in [6, 6.07) is 0. The molecule has 0 N–H and O–H groups in total. The molecule has 1 aliphatic heterocycles. The molecule has 3 fully saturated rings. The zero-order valence-corrected chi connectivity index (χ0v) is 10.5. The Hall–Kier alpha value is -0.790. The van der Waals surface area contributed by atoms with Gasteiger partial charge in [0.15, 0.2) is 5.76 Å². The lowest BCUT2D eigenvalue weighted by atomic mass is 9.84. The number of ether oxygens (including phenoxy) is 1. The number of hydrogen-bond donors (Lipinski definition) is 0. The van der Waals surface area contributed by atoms with Crippen molar-refractivity contribution in [2.45, 2.75) is 63.9 Å². The van der Waals surface area contributed by atoms with E-state index in [1.165, 1.54) is 44.9 Å². The Morgan fingerprint density at radius 2 is 1.65 bits per heavy atom. The summed E-state index contributed by atoms with van der Waals surface area (Å²) in [7, 11) is 0. The number of hydrogen-bond acceptors (Lipinski definition) is 2. The van der Waals surface area contributed by atoms with Crippen LogP contribution in [0.15, 0.2) is 11.8 Å². The van der Waals surface area contributed by atoms with E-state index < -0.39 is 0 Å². The van der Waals surface area contributed by atoms with Crippen molar-refractivity contribution >= 4 is 5.78 Å². The van der Waals surface area contributed by atoms with Gasteiger partial charge in [-0.15, -0.1) is 0 Å². The largest absolute Gasteiger partial charge is 0.486 e. The molecule has 0 aromatic heterocycles. The molecule has 2 unspecified atom stereocenters. The SMILES string of the molecule is O=C1/C(=C\C2CCCCC2)OC2CCCCC12. The van der Waals surface area contributed by atoms with E-state index in [-0.39, 0.29) is 12.0 Å². The predicted octanol–water partition coefficient (Wildman–Crippen LogP) is 3.61. The fraction of sp³-hybridized carbons (Fsp3) is 0.800. The third-order valence-electron chi connectivity index (χ3n) is 4.60. The molecule has 0 spiro atoms. The van der Waals surface area contributed by atoms with Gasteiger partial charge in [-0.05, 0) is 44.1 Å². The first-order valence-corrected chi connectivity index (χ1v) is 7.27. The van der Waals surface area contributed by atoms with Crippen LogP contribution in [-0.2, 0) is 9.53 Å². The average Bonchev–Trinajstić information content (AvgIpc) is 2.68. The molecule has 2 nitrogen and oxygen atoms in total. The fourth-order valence-electron chi connectivity index (χ4n) is 3.58. The maximum atomic E-state index is 12.2. The molecule has 0 radical (unpaired) electrons. The lowest BCUT2D eigenvalue weighted by Crippen LogP contribution is -2.23. The summed E-state index contributed by atoms with van der Waals surface area (Å²) in [5.41, 5.74) is 0. The van der Waals surface area contributed by atoms with Crippen molar-refractivity contribution in [2.24, 2.45) is 11.8 Å². The molecule has 0 amide bonds. The first-order chi connectivity index (χ1) is 8.34. The van der Waals surface area contributed by atoms with Crippen molar-refractivity contribution in [1.29, 1.82) is 0 Å². The number of rotatable bonds is 1. The van der Waals surface area contributed by atoms with Gasteiger partial charge >= 0.3 is 0 Å². The highest BCUT2D eigenvalue weighted by molar-refractivity contribution is 5.97. The number of Topliss-reactive ketones (excluding diaryl/α,β-unsaturated/α-hetero) is 1. The molecule has 2 saturated carbocycles. The van der Waals surface area contributed by atoms with Crippen molar-refractivity contribution in [1.82, 2.24) is 0 Å². The summed E-state index contributed by atoms with van der Waals surface area (Å²) in [6.45, 7) is 0. The van der Waals surface area contributed by atoms with E-state index in [4.69, 9.17) is 4.74 Å². The van der Waals surface area contributed by atoms with Crippen molar-refractivity contribution in [2.75, 3.05) is 0 Å². The summed E-state index contributed by atoms with van der Waals surface area (Å²) in [4.78, 5) is 12.2. The van der Waals surface area contributed by atoms with Crippen LogP contribution in [0.1, 0.15) is 57.8 Å². The number of carbonyl (C=O) groups is 1. The maximum absolute atomic E-state index is 12.2. The predicted molar refractivity (Wildman–Crippen MR) is 66.5 cm³/mol. The van der Waals surface area contributed by atoms with Crippen molar-refractivity contribution < 1.29 is 9.53 Å². The van der Waals surface area contributed by atoms with Gasteiger partial charge in [0, 0.05) is 0 Å². The van der Waals surface area contributed by atoms with Crippen LogP contribution in [0.2, 0.25) is 0 Å². The van der Waals surface area contributed by atoms with E-state index in [0.29, 0.717) is 17.5 Å². The number of carbonyl (C=O) groups excluding carboxylic acids is 1. The lowest BCUT2D eigenvalue weighted by molar-refractivity contribution is -0.118. The third kappa shape index (κ3) is 2.27. The molecule has 17 heavy (non-hydrogen) atoms. The van der Waals surface area contributed by atoms with E-state index in [1.54, 1.807) is 0 Å². The van der Waals surface area contributed by atoms with Gasteiger partial charge in [-0.1, -0.05) is 25.7 Å². The standard InChI is InChI=1S/C15H22O2/c16-15-12-8-4-5-9-13(12)17-14(15)10-11-6-2-1-3-7-11/h10-13H,1-9H2/b14-10+. The molecule has 1 heterocycles. The van der Waals surface area contributed by atoms with Crippen LogP contribution in [0.4, 0.5) is 0 Å². The third-order valence-corrected chi connectivity index (χ3v) is 4.60. The van der Waals surface area contributed by atoms with E-state index in [2.05, 4.69) is 6.08 Å². The van der Waals surface area contributed by atoms with Crippen LogP contribution in [0.25, 0.3) is 0 Å². The zero-order chi connectivity index (χ0) is 11.7. The summed E-state index contributed by atoms with van der Waals surface area (Å²) in [6.07, 6.45) is 13.4. The van der Waals surface area contributed by atoms with Gasteiger partial charge in [0.05, 0.1) is 5.92 Å². The molecule has 1 saturated heterocycles. The normalized spacial score (nSPS) is 36.9. The minimum Gasteiger partial charge on any atom is -0.486 e.